The minimum Gasteiger partial charge on any atom is -0.337 e. The topological polar surface area (TPSA) is 77.1 Å². The zero-order valence-electron chi connectivity index (χ0n) is 14.2. The summed E-state index contributed by atoms with van der Waals surface area (Å²) in [6, 6.07) is 13.4. The molecule has 1 N–H and O–H groups in total. The Labute approximate surface area is 153 Å². The Morgan fingerprint density at radius 2 is 1.85 bits per heavy atom. The standard InChI is InChI=1S/C19H15FN6O/c20-15-5-7-16(8-6-15)24-19(27)11-25-10-14(9-23-26-12-21-22-13-26)17-3-1-2-4-18(17)25/h1-10,12-13H,11H2,(H,24,27)/b23-9+. The number of anilines is 1. The largest absolute Gasteiger partial charge is 0.337 e. The molecule has 1 amide bonds. The summed E-state index contributed by atoms with van der Waals surface area (Å²) in [6.45, 7) is 0.123. The van der Waals surface area contributed by atoms with E-state index in [1.165, 1.54) is 41.6 Å². The van der Waals surface area contributed by atoms with Crippen LogP contribution in [0.5, 0.6) is 0 Å². The monoisotopic (exact) mass is 362 g/mol. The Morgan fingerprint density at radius 1 is 1.11 bits per heavy atom. The van der Waals surface area contributed by atoms with E-state index in [9.17, 15) is 9.18 Å². The van der Waals surface area contributed by atoms with Crippen LogP contribution in [0.2, 0.25) is 0 Å². The molecule has 0 radical (unpaired) electrons. The van der Waals surface area contributed by atoms with E-state index in [0.29, 0.717) is 5.69 Å². The van der Waals surface area contributed by atoms with Gasteiger partial charge in [-0.2, -0.15) is 5.10 Å². The average Bonchev–Trinajstić information content (AvgIpc) is 3.30. The van der Waals surface area contributed by atoms with E-state index in [4.69, 9.17) is 0 Å². The van der Waals surface area contributed by atoms with E-state index < -0.39 is 0 Å². The van der Waals surface area contributed by atoms with Crippen LogP contribution in [0.15, 0.2) is 72.5 Å². The molecule has 2 aromatic carbocycles. The molecule has 0 saturated heterocycles. The van der Waals surface area contributed by atoms with E-state index in [2.05, 4.69) is 20.6 Å². The summed E-state index contributed by atoms with van der Waals surface area (Å²) in [6.07, 6.45) is 6.54. The first kappa shape index (κ1) is 16.6. The first-order valence-corrected chi connectivity index (χ1v) is 8.21. The fraction of sp³-hybridized carbons (Fsp3) is 0.0526. The molecule has 0 bridgehead atoms. The molecule has 0 spiro atoms. The first-order valence-electron chi connectivity index (χ1n) is 8.21. The van der Waals surface area contributed by atoms with Gasteiger partial charge in [0.25, 0.3) is 0 Å². The fourth-order valence-corrected chi connectivity index (χ4v) is 2.78. The molecule has 0 saturated carbocycles. The van der Waals surface area contributed by atoms with Crippen molar-refractivity contribution in [2.24, 2.45) is 5.10 Å². The number of halogens is 1. The molecule has 0 atom stereocenters. The number of amides is 1. The number of nitrogens with one attached hydrogen (secondary N) is 1. The second-order valence-corrected chi connectivity index (χ2v) is 5.87. The van der Waals surface area contributed by atoms with Crippen molar-refractivity contribution in [3.8, 4) is 0 Å². The molecule has 2 heterocycles. The summed E-state index contributed by atoms with van der Waals surface area (Å²) >= 11 is 0. The van der Waals surface area contributed by atoms with Gasteiger partial charge in [0.2, 0.25) is 5.91 Å². The zero-order chi connectivity index (χ0) is 18.6. The first-order chi connectivity index (χ1) is 13.2. The number of hydrogen-bond donors (Lipinski definition) is 1. The number of fused-ring (bicyclic) bond motifs is 1. The van der Waals surface area contributed by atoms with Gasteiger partial charge in [-0.15, -0.1) is 10.2 Å². The minimum atomic E-state index is -0.346. The SMILES string of the molecule is O=C(Cn1cc(/C=N/n2cnnc2)c2ccccc21)Nc1ccc(F)cc1. The summed E-state index contributed by atoms with van der Waals surface area (Å²) < 4.78 is 16.3. The van der Waals surface area contributed by atoms with Crippen LogP contribution in [0.4, 0.5) is 10.1 Å². The van der Waals surface area contributed by atoms with Gasteiger partial charge in [-0.1, -0.05) is 18.2 Å². The molecular weight excluding hydrogens is 347 g/mol. The number of aromatic nitrogens is 4. The predicted octanol–water partition coefficient (Wildman–Crippen LogP) is 2.89. The van der Waals surface area contributed by atoms with Crippen molar-refractivity contribution < 1.29 is 9.18 Å². The lowest BCUT2D eigenvalue weighted by atomic mass is 10.2. The third kappa shape index (κ3) is 3.74. The molecule has 134 valence electrons. The highest BCUT2D eigenvalue weighted by Crippen LogP contribution is 2.20. The van der Waals surface area contributed by atoms with Crippen LogP contribution in [-0.2, 0) is 11.3 Å². The Morgan fingerprint density at radius 3 is 2.63 bits per heavy atom. The highest BCUT2D eigenvalue weighted by atomic mass is 19.1. The van der Waals surface area contributed by atoms with E-state index in [-0.39, 0.29) is 18.3 Å². The van der Waals surface area contributed by atoms with Gasteiger partial charge in [-0.25, -0.2) is 9.07 Å². The second-order valence-electron chi connectivity index (χ2n) is 5.87. The molecule has 0 fully saturated rings. The third-order valence-corrected chi connectivity index (χ3v) is 4.00. The Kier molecular flexibility index (Phi) is 4.44. The quantitative estimate of drug-likeness (QED) is 0.555. The van der Waals surface area contributed by atoms with Crippen molar-refractivity contribution in [3.05, 3.63) is 78.8 Å². The maximum atomic E-state index is 13.0. The number of para-hydroxylation sites is 1. The zero-order valence-corrected chi connectivity index (χ0v) is 14.2. The van der Waals surface area contributed by atoms with Crippen LogP contribution >= 0.6 is 0 Å². The van der Waals surface area contributed by atoms with Crippen LogP contribution in [0.3, 0.4) is 0 Å². The molecular formula is C19H15FN6O. The van der Waals surface area contributed by atoms with Gasteiger partial charge in [0.15, 0.2) is 0 Å². The van der Waals surface area contributed by atoms with Crippen molar-refractivity contribution in [2.75, 3.05) is 5.32 Å². The van der Waals surface area contributed by atoms with E-state index in [1.807, 2.05) is 35.0 Å². The fourth-order valence-electron chi connectivity index (χ4n) is 2.78. The number of carbonyl (C=O) groups excluding carboxylic acids is 1. The van der Waals surface area contributed by atoms with Gasteiger partial charge in [0, 0.05) is 28.4 Å². The number of carbonyl (C=O) groups is 1. The maximum Gasteiger partial charge on any atom is 0.244 e. The van der Waals surface area contributed by atoms with Gasteiger partial charge in [0.05, 0.1) is 6.21 Å². The lowest BCUT2D eigenvalue weighted by Crippen LogP contribution is -2.18. The molecule has 4 aromatic rings. The molecule has 0 aliphatic heterocycles. The third-order valence-electron chi connectivity index (χ3n) is 4.00. The summed E-state index contributed by atoms with van der Waals surface area (Å²) in [5.74, 6) is -0.550. The van der Waals surface area contributed by atoms with E-state index in [1.54, 1.807) is 6.21 Å². The molecule has 27 heavy (non-hydrogen) atoms. The highest BCUT2D eigenvalue weighted by Gasteiger charge is 2.10. The predicted molar refractivity (Wildman–Crippen MR) is 100.0 cm³/mol. The van der Waals surface area contributed by atoms with Crippen LogP contribution in [0, 0.1) is 5.82 Å². The smallest absolute Gasteiger partial charge is 0.244 e. The molecule has 8 heteroatoms. The minimum absolute atomic E-state index is 0.123. The van der Waals surface area contributed by atoms with Crippen molar-refractivity contribution >= 4 is 28.7 Å². The van der Waals surface area contributed by atoms with E-state index in [0.717, 1.165) is 16.5 Å². The molecule has 0 aliphatic rings. The van der Waals surface area contributed by atoms with Crippen LogP contribution in [0.25, 0.3) is 10.9 Å². The Hall–Kier alpha value is -3.81. The van der Waals surface area contributed by atoms with Crippen LogP contribution in [-0.4, -0.2) is 31.6 Å². The van der Waals surface area contributed by atoms with Gasteiger partial charge < -0.3 is 9.88 Å². The molecule has 0 unspecified atom stereocenters. The van der Waals surface area contributed by atoms with Gasteiger partial charge in [-0.3, -0.25) is 4.79 Å². The van der Waals surface area contributed by atoms with Crippen LogP contribution in [0.1, 0.15) is 5.56 Å². The molecule has 0 aliphatic carbocycles. The normalized spacial score (nSPS) is 11.3. The highest BCUT2D eigenvalue weighted by molar-refractivity contribution is 6.00. The Balaban J connectivity index is 1.58. The van der Waals surface area contributed by atoms with Crippen molar-refractivity contribution in [1.82, 2.24) is 19.4 Å². The second kappa shape index (κ2) is 7.20. The van der Waals surface area contributed by atoms with Gasteiger partial charge in [-0.05, 0) is 30.3 Å². The maximum absolute atomic E-state index is 13.0. The Bertz CT molecular complexity index is 1100. The summed E-state index contributed by atoms with van der Waals surface area (Å²) in [5, 5.41) is 15.4. The summed E-state index contributed by atoms with van der Waals surface area (Å²) in [7, 11) is 0. The van der Waals surface area contributed by atoms with Crippen molar-refractivity contribution in [2.45, 2.75) is 6.54 Å². The van der Waals surface area contributed by atoms with Crippen molar-refractivity contribution in [3.63, 3.8) is 0 Å². The lowest BCUT2D eigenvalue weighted by Gasteiger charge is -2.07. The molecule has 4 rings (SSSR count). The van der Waals surface area contributed by atoms with Crippen molar-refractivity contribution in [1.29, 1.82) is 0 Å². The summed E-state index contributed by atoms with van der Waals surface area (Å²) in [4.78, 5) is 12.4. The van der Waals surface area contributed by atoms with Gasteiger partial charge in [0.1, 0.15) is 25.0 Å². The average molecular weight is 362 g/mol. The summed E-state index contributed by atoms with van der Waals surface area (Å²) in [5.41, 5.74) is 2.33. The number of nitrogens with zero attached hydrogens (tertiary/aromatic N) is 5. The number of hydrogen-bond acceptors (Lipinski definition) is 4. The number of benzene rings is 2. The van der Waals surface area contributed by atoms with Gasteiger partial charge >= 0.3 is 0 Å². The van der Waals surface area contributed by atoms with Crippen LogP contribution < -0.4 is 5.32 Å². The lowest BCUT2D eigenvalue weighted by molar-refractivity contribution is -0.116. The number of rotatable bonds is 5. The van der Waals surface area contributed by atoms with E-state index >= 15 is 0 Å². The molecule has 2 aromatic heterocycles. The molecule has 7 nitrogen and oxygen atoms in total.